The number of hydrogen-bond donors (Lipinski definition) is 1. The summed E-state index contributed by atoms with van der Waals surface area (Å²) < 4.78 is 0. The van der Waals surface area contributed by atoms with E-state index >= 15 is 0 Å². The van der Waals surface area contributed by atoms with Gasteiger partial charge < -0.3 is 5.32 Å². The van der Waals surface area contributed by atoms with E-state index in [4.69, 9.17) is 0 Å². The number of amidine groups is 1. The van der Waals surface area contributed by atoms with Gasteiger partial charge in [-0.2, -0.15) is 0 Å². The summed E-state index contributed by atoms with van der Waals surface area (Å²) in [4.78, 5) is 4.62. The summed E-state index contributed by atoms with van der Waals surface area (Å²) in [6.45, 7) is 5.34. The van der Waals surface area contributed by atoms with Crippen molar-refractivity contribution in [1.82, 2.24) is 10.6 Å². The molecule has 0 amide bonds. The molecule has 0 aromatic heterocycles. The molecule has 2 aliphatic heterocycles. The number of aliphatic imine (C=N–C) groups is 1. The van der Waals surface area contributed by atoms with Crippen molar-refractivity contribution in [1.29, 1.82) is 0 Å². The van der Waals surface area contributed by atoms with Crippen molar-refractivity contribution >= 4 is 17.2 Å². The van der Waals surface area contributed by atoms with Crippen molar-refractivity contribution in [3.63, 3.8) is 0 Å². The predicted octanol–water partition coefficient (Wildman–Crippen LogP) is 2.33. The number of hydrogen-bond acceptors (Lipinski definition) is 2. The Kier molecular flexibility index (Phi) is 2.21. The van der Waals surface area contributed by atoms with Crippen LogP contribution in [0.25, 0.3) is 0 Å². The van der Waals surface area contributed by atoms with Crippen LogP contribution >= 0.6 is 0 Å². The molecule has 2 aliphatic rings. The number of rotatable bonds is 1. The van der Waals surface area contributed by atoms with E-state index in [1.54, 1.807) is 0 Å². The number of fused-ring (bicyclic) bond motifs is 1. The zero-order valence-electron chi connectivity index (χ0n) is 9.75. The highest BCUT2D eigenvalue weighted by Crippen LogP contribution is 2.36. The van der Waals surface area contributed by atoms with E-state index in [2.05, 4.69) is 41.6 Å². The Morgan fingerprint density at radius 2 is 2.19 bits per heavy atom. The maximum atomic E-state index is 4.68. The number of aryl methyl sites for hydroxylation is 1. The normalized spacial score (nSPS) is 22.9. The predicted molar refractivity (Wildman–Crippen MR) is 65.8 cm³/mol. The first-order valence-electron chi connectivity index (χ1n) is 5.89. The van der Waals surface area contributed by atoms with Crippen LogP contribution in [0.1, 0.15) is 24.0 Å². The quantitative estimate of drug-likeness (QED) is 0.765. The van der Waals surface area contributed by atoms with Gasteiger partial charge in [0.05, 0.1) is 17.4 Å². The summed E-state index contributed by atoms with van der Waals surface area (Å²) in [6, 6.07) is 4.56. The fourth-order valence-corrected chi connectivity index (χ4v) is 2.34. The lowest BCUT2D eigenvalue weighted by Gasteiger charge is -2.09. The van der Waals surface area contributed by atoms with Gasteiger partial charge in [-0.1, -0.05) is 6.07 Å². The second-order valence-electron chi connectivity index (χ2n) is 4.61. The summed E-state index contributed by atoms with van der Waals surface area (Å²) in [5.41, 5.74) is 4.66. The SMILES string of the molecule is Cc1ccc2c(c1C)[N]C(C1CCCN1)=N2. The van der Waals surface area contributed by atoms with Crippen LogP contribution in [0.5, 0.6) is 0 Å². The third-order valence-electron chi connectivity index (χ3n) is 3.51. The lowest BCUT2D eigenvalue weighted by atomic mass is 10.1. The Balaban J connectivity index is 1.93. The average Bonchev–Trinajstić information content (AvgIpc) is 2.91. The highest BCUT2D eigenvalue weighted by atomic mass is 15.1. The van der Waals surface area contributed by atoms with Gasteiger partial charge in [0, 0.05) is 0 Å². The van der Waals surface area contributed by atoms with Crippen molar-refractivity contribution in [2.24, 2.45) is 4.99 Å². The first kappa shape index (κ1) is 9.85. The number of benzene rings is 1. The summed E-state index contributed by atoms with van der Waals surface area (Å²) in [5.74, 6) is 0.973. The molecule has 1 radical (unpaired) electrons. The average molecular weight is 214 g/mol. The lowest BCUT2D eigenvalue weighted by molar-refractivity contribution is 0.748. The van der Waals surface area contributed by atoms with Gasteiger partial charge in [-0.15, -0.1) is 0 Å². The summed E-state index contributed by atoms with van der Waals surface area (Å²) in [7, 11) is 0. The largest absolute Gasteiger partial charge is 0.307 e. The Morgan fingerprint density at radius 3 is 2.94 bits per heavy atom. The molecule has 1 saturated heterocycles. The van der Waals surface area contributed by atoms with E-state index in [0.29, 0.717) is 6.04 Å². The van der Waals surface area contributed by atoms with Gasteiger partial charge in [-0.25, -0.2) is 10.3 Å². The van der Waals surface area contributed by atoms with Crippen molar-refractivity contribution in [3.05, 3.63) is 23.3 Å². The van der Waals surface area contributed by atoms with Gasteiger partial charge in [0.2, 0.25) is 0 Å². The highest BCUT2D eigenvalue weighted by Gasteiger charge is 2.27. The minimum atomic E-state index is 0.368. The number of nitrogens with one attached hydrogen (secondary N) is 1. The van der Waals surface area contributed by atoms with Crippen LogP contribution in [0.4, 0.5) is 11.4 Å². The summed E-state index contributed by atoms with van der Waals surface area (Å²) >= 11 is 0. The summed E-state index contributed by atoms with van der Waals surface area (Å²) in [6.07, 6.45) is 2.39. The molecular formula is C13H16N3. The number of nitrogens with zero attached hydrogens (tertiary/aromatic N) is 2. The van der Waals surface area contributed by atoms with Gasteiger partial charge in [-0.3, -0.25) is 0 Å². The van der Waals surface area contributed by atoms with Gasteiger partial charge >= 0.3 is 0 Å². The van der Waals surface area contributed by atoms with E-state index in [-0.39, 0.29) is 0 Å². The third kappa shape index (κ3) is 1.43. The Labute approximate surface area is 96.0 Å². The first-order valence-corrected chi connectivity index (χ1v) is 5.89. The molecule has 0 spiro atoms. The Bertz CT molecular complexity index is 456. The maximum Gasteiger partial charge on any atom is 0.146 e. The monoisotopic (exact) mass is 214 g/mol. The molecule has 83 valence electrons. The van der Waals surface area contributed by atoms with Crippen molar-refractivity contribution in [3.8, 4) is 0 Å². The fraction of sp³-hybridized carbons (Fsp3) is 0.462. The second kappa shape index (κ2) is 3.59. The maximum absolute atomic E-state index is 4.68. The van der Waals surface area contributed by atoms with E-state index in [9.17, 15) is 0 Å². The van der Waals surface area contributed by atoms with Crippen LogP contribution in [0.3, 0.4) is 0 Å². The van der Waals surface area contributed by atoms with Crippen molar-refractivity contribution < 1.29 is 0 Å². The van der Waals surface area contributed by atoms with Crippen LogP contribution in [0.15, 0.2) is 17.1 Å². The van der Waals surface area contributed by atoms with Crippen LogP contribution in [0, 0.1) is 13.8 Å². The standard InChI is InChI=1S/C13H16N3/c1-8-5-6-10-12(9(8)2)16-13(15-10)11-4-3-7-14-11/h5-6,11,14H,3-4,7H2,1-2H3. The lowest BCUT2D eigenvalue weighted by Crippen LogP contribution is -2.33. The molecule has 3 rings (SSSR count). The fourth-order valence-electron chi connectivity index (χ4n) is 2.34. The minimum absolute atomic E-state index is 0.368. The van der Waals surface area contributed by atoms with Crippen LogP contribution < -0.4 is 10.6 Å². The van der Waals surface area contributed by atoms with Gasteiger partial charge in [0.25, 0.3) is 0 Å². The molecule has 1 unspecified atom stereocenters. The molecule has 3 nitrogen and oxygen atoms in total. The molecule has 0 saturated carbocycles. The first-order chi connectivity index (χ1) is 7.75. The molecule has 1 aromatic rings. The molecule has 0 bridgehead atoms. The van der Waals surface area contributed by atoms with E-state index in [1.165, 1.54) is 17.5 Å². The van der Waals surface area contributed by atoms with Gasteiger partial charge in [0.15, 0.2) is 0 Å². The van der Waals surface area contributed by atoms with E-state index in [1.807, 2.05) is 0 Å². The van der Waals surface area contributed by atoms with Crippen LogP contribution in [-0.2, 0) is 0 Å². The van der Waals surface area contributed by atoms with Crippen LogP contribution in [-0.4, -0.2) is 18.4 Å². The highest BCUT2D eigenvalue weighted by molar-refractivity contribution is 6.00. The smallest absolute Gasteiger partial charge is 0.146 e. The molecule has 1 fully saturated rings. The molecule has 1 aromatic carbocycles. The molecule has 3 heteroatoms. The Hall–Kier alpha value is -1.35. The Morgan fingerprint density at radius 1 is 1.31 bits per heavy atom. The van der Waals surface area contributed by atoms with E-state index in [0.717, 1.165) is 30.2 Å². The molecule has 1 N–H and O–H groups in total. The minimum Gasteiger partial charge on any atom is -0.307 e. The molecule has 2 heterocycles. The second-order valence-corrected chi connectivity index (χ2v) is 4.61. The molecule has 0 aliphatic carbocycles. The van der Waals surface area contributed by atoms with Crippen LogP contribution in [0.2, 0.25) is 0 Å². The molecule has 16 heavy (non-hydrogen) atoms. The topological polar surface area (TPSA) is 38.5 Å². The molecule has 1 atom stereocenters. The van der Waals surface area contributed by atoms with Gasteiger partial charge in [-0.05, 0) is 50.4 Å². The summed E-state index contributed by atoms with van der Waals surface area (Å²) in [5, 5.41) is 8.12. The third-order valence-corrected chi connectivity index (χ3v) is 3.51. The zero-order chi connectivity index (χ0) is 11.1. The van der Waals surface area contributed by atoms with Crippen molar-refractivity contribution in [2.45, 2.75) is 32.7 Å². The molecular weight excluding hydrogens is 198 g/mol. The van der Waals surface area contributed by atoms with Crippen molar-refractivity contribution in [2.75, 3.05) is 6.54 Å². The van der Waals surface area contributed by atoms with E-state index < -0.39 is 0 Å². The zero-order valence-corrected chi connectivity index (χ0v) is 9.75. The van der Waals surface area contributed by atoms with Gasteiger partial charge in [0.1, 0.15) is 5.84 Å².